The molecule has 0 aromatic carbocycles. The van der Waals surface area contributed by atoms with Gasteiger partial charge in [0.2, 0.25) is 0 Å². The van der Waals surface area contributed by atoms with Gasteiger partial charge in [-0.3, -0.25) is 0 Å². The molecular weight excluding hydrogens is 234 g/mol. The molecule has 1 unspecified atom stereocenters. The second-order valence-corrected chi connectivity index (χ2v) is 4.53. The highest BCUT2D eigenvalue weighted by Gasteiger charge is 2.19. The number of ether oxygens (including phenoxy) is 2. The summed E-state index contributed by atoms with van der Waals surface area (Å²) in [5.74, 6) is 1.47. The van der Waals surface area contributed by atoms with Gasteiger partial charge < -0.3 is 19.1 Å². The van der Waals surface area contributed by atoms with E-state index in [1.54, 1.807) is 7.11 Å². The highest BCUT2D eigenvalue weighted by molar-refractivity contribution is 4.97. The predicted molar refractivity (Wildman–Crippen MR) is 65.1 cm³/mol. The van der Waals surface area contributed by atoms with Crippen LogP contribution in [0.2, 0.25) is 0 Å². The van der Waals surface area contributed by atoms with Gasteiger partial charge in [0, 0.05) is 26.7 Å². The molecule has 1 saturated heterocycles. The second-order valence-electron chi connectivity index (χ2n) is 4.53. The van der Waals surface area contributed by atoms with Crippen LogP contribution in [0.1, 0.15) is 30.9 Å². The zero-order chi connectivity index (χ0) is 12.8. The predicted octanol–water partition coefficient (Wildman–Crippen LogP) is 0.528. The first kappa shape index (κ1) is 13.5. The molecule has 1 aromatic rings. The number of hydrogen-bond donors (Lipinski definition) is 1. The van der Waals surface area contributed by atoms with Crippen LogP contribution in [-0.4, -0.2) is 46.3 Å². The fourth-order valence-electron chi connectivity index (χ4n) is 2.25. The Morgan fingerprint density at radius 2 is 2.22 bits per heavy atom. The molecule has 1 atom stereocenters. The van der Waals surface area contributed by atoms with Crippen LogP contribution in [0.3, 0.4) is 0 Å². The highest BCUT2D eigenvalue weighted by atomic mass is 16.5. The number of aliphatic hydroxyl groups is 1. The monoisotopic (exact) mass is 255 g/mol. The third kappa shape index (κ3) is 3.28. The van der Waals surface area contributed by atoms with Crippen molar-refractivity contribution in [3.05, 3.63) is 11.6 Å². The lowest BCUT2D eigenvalue weighted by Gasteiger charge is -2.22. The van der Waals surface area contributed by atoms with Crippen molar-refractivity contribution in [3.63, 3.8) is 0 Å². The Kier molecular flexibility index (Phi) is 5.10. The van der Waals surface area contributed by atoms with Crippen molar-refractivity contribution in [2.45, 2.75) is 44.9 Å². The van der Waals surface area contributed by atoms with E-state index in [2.05, 4.69) is 10.2 Å². The van der Waals surface area contributed by atoms with Crippen LogP contribution < -0.4 is 0 Å². The summed E-state index contributed by atoms with van der Waals surface area (Å²) in [6.07, 6.45) is 4.43. The molecule has 18 heavy (non-hydrogen) atoms. The first-order chi connectivity index (χ1) is 8.85. The topological polar surface area (TPSA) is 69.4 Å². The van der Waals surface area contributed by atoms with Crippen LogP contribution >= 0.6 is 0 Å². The van der Waals surface area contributed by atoms with E-state index in [-0.39, 0.29) is 12.7 Å². The maximum atomic E-state index is 9.24. The molecule has 0 spiro atoms. The molecule has 2 rings (SSSR count). The molecule has 1 aliphatic heterocycles. The highest BCUT2D eigenvalue weighted by Crippen LogP contribution is 2.17. The fraction of sp³-hybridized carbons (Fsp3) is 0.833. The van der Waals surface area contributed by atoms with Gasteiger partial charge >= 0.3 is 0 Å². The SMILES string of the molecule is COCCn1c(CO)nnc1CC1CCCCO1. The van der Waals surface area contributed by atoms with E-state index in [1.807, 2.05) is 4.57 Å². The van der Waals surface area contributed by atoms with Crippen LogP contribution in [0.5, 0.6) is 0 Å². The average molecular weight is 255 g/mol. The van der Waals surface area contributed by atoms with Gasteiger partial charge in [-0.2, -0.15) is 0 Å². The number of aliphatic hydroxyl groups excluding tert-OH is 1. The van der Waals surface area contributed by atoms with Crippen molar-refractivity contribution in [2.24, 2.45) is 0 Å². The standard InChI is InChI=1S/C12H21N3O3/c1-17-7-5-15-11(13-14-12(15)9-16)8-10-4-2-3-6-18-10/h10,16H,2-9H2,1H3. The maximum absolute atomic E-state index is 9.24. The average Bonchev–Trinajstić information content (AvgIpc) is 2.79. The molecule has 1 aromatic heterocycles. The van der Waals surface area contributed by atoms with Crippen molar-refractivity contribution in [1.29, 1.82) is 0 Å². The van der Waals surface area contributed by atoms with E-state index in [4.69, 9.17) is 9.47 Å². The first-order valence-corrected chi connectivity index (χ1v) is 6.47. The summed E-state index contributed by atoms with van der Waals surface area (Å²) < 4.78 is 12.7. The molecule has 6 heteroatoms. The molecule has 0 radical (unpaired) electrons. The quantitative estimate of drug-likeness (QED) is 0.803. The van der Waals surface area contributed by atoms with E-state index >= 15 is 0 Å². The van der Waals surface area contributed by atoms with Crippen molar-refractivity contribution in [1.82, 2.24) is 14.8 Å². The Labute approximate surface area is 107 Å². The maximum Gasteiger partial charge on any atom is 0.158 e. The van der Waals surface area contributed by atoms with Gasteiger partial charge in [-0.25, -0.2) is 0 Å². The summed E-state index contributed by atoms with van der Waals surface area (Å²) in [4.78, 5) is 0. The minimum absolute atomic E-state index is 0.0950. The fourth-order valence-corrected chi connectivity index (χ4v) is 2.25. The lowest BCUT2D eigenvalue weighted by molar-refractivity contribution is 0.0149. The van der Waals surface area contributed by atoms with Crippen LogP contribution in [-0.2, 0) is 29.0 Å². The lowest BCUT2D eigenvalue weighted by Crippen LogP contribution is -2.24. The van der Waals surface area contributed by atoms with E-state index in [1.165, 1.54) is 6.42 Å². The number of hydrogen-bond acceptors (Lipinski definition) is 5. The summed E-state index contributed by atoms with van der Waals surface area (Å²) >= 11 is 0. The molecule has 6 nitrogen and oxygen atoms in total. The zero-order valence-electron chi connectivity index (χ0n) is 10.8. The van der Waals surface area contributed by atoms with Crippen molar-refractivity contribution < 1.29 is 14.6 Å². The van der Waals surface area contributed by atoms with Crippen LogP contribution in [0.4, 0.5) is 0 Å². The first-order valence-electron chi connectivity index (χ1n) is 6.47. The number of rotatable bonds is 6. The lowest BCUT2D eigenvalue weighted by atomic mass is 10.1. The number of nitrogens with zero attached hydrogens (tertiary/aromatic N) is 3. The molecule has 1 fully saturated rings. The smallest absolute Gasteiger partial charge is 0.158 e. The van der Waals surface area contributed by atoms with Gasteiger partial charge in [0.15, 0.2) is 5.82 Å². The van der Waals surface area contributed by atoms with Gasteiger partial charge in [0.05, 0.1) is 12.7 Å². The number of aromatic nitrogens is 3. The molecule has 102 valence electrons. The zero-order valence-corrected chi connectivity index (χ0v) is 10.8. The largest absolute Gasteiger partial charge is 0.388 e. The summed E-state index contributed by atoms with van der Waals surface area (Å²) in [5.41, 5.74) is 0. The molecule has 1 aliphatic rings. The molecular formula is C12H21N3O3. The normalized spacial score (nSPS) is 20.2. The number of methoxy groups -OCH3 is 1. The van der Waals surface area contributed by atoms with Gasteiger partial charge in [-0.15, -0.1) is 10.2 Å². The summed E-state index contributed by atoms with van der Waals surface area (Å²) in [6, 6.07) is 0. The van der Waals surface area contributed by atoms with Crippen molar-refractivity contribution >= 4 is 0 Å². The molecule has 0 aliphatic carbocycles. The van der Waals surface area contributed by atoms with E-state index in [9.17, 15) is 5.11 Å². The Bertz CT molecular complexity index is 361. The van der Waals surface area contributed by atoms with E-state index < -0.39 is 0 Å². The van der Waals surface area contributed by atoms with Crippen molar-refractivity contribution in [2.75, 3.05) is 20.3 Å². The third-order valence-electron chi connectivity index (χ3n) is 3.25. The van der Waals surface area contributed by atoms with Crippen molar-refractivity contribution in [3.8, 4) is 0 Å². The molecule has 2 heterocycles. The molecule has 0 amide bonds. The Morgan fingerprint density at radius 1 is 1.39 bits per heavy atom. The van der Waals surface area contributed by atoms with Crippen LogP contribution in [0, 0.1) is 0 Å². The van der Waals surface area contributed by atoms with E-state index in [0.29, 0.717) is 19.0 Å². The third-order valence-corrected chi connectivity index (χ3v) is 3.25. The van der Waals surface area contributed by atoms with Crippen LogP contribution in [0.15, 0.2) is 0 Å². The minimum atomic E-state index is -0.0950. The van der Waals surface area contributed by atoms with Gasteiger partial charge in [-0.1, -0.05) is 0 Å². The molecule has 0 bridgehead atoms. The van der Waals surface area contributed by atoms with Gasteiger partial charge in [-0.05, 0) is 19.3 Å². The molecule has 0 saturated carbocycles. The summed E-state index contributed by atoms with van der Waals surface area (Å²) in [5, 5.41) is 17.4. The van der Waals surface area contributed by atoms with Crippen LogP contribution in [0.25, 0.3) is 0 Å². The molecule has 1 N–H and O–H groups in total. The Balaban J connectivity index is 2.03. The van der Waals surface area contributed by atoms with Gasteiger partial charge in [0.25, 0.3) is 0 Å². The summed E-state index contributed by atoms with van der Waals surface area (Å²) in [6.45, 7) is 2.00. The Morgan fingerprint density at radius 3 is 2.89 bits per heavy atom. The Hall–Kier alpha value is -0.980. The second kappa shape index (κ2) is 6.82. The van der Waals surface area contributed by atoms with E-state index in [0.717, 1.165) is 31.7 Å². The minimum Gasteiger partial charge on any atom is -0.388 e. The summed E-state index contributed by atoms with van der Waals surface area (Å²) in [7, 11) is 1.66. The van der Waals surface area contributed by atoms with Gasteiger partial charge in [0.1, 0.15) is 12.4 Å².